The van der Waals surface area contributed by atoms with Gasteiger partial charge in [0.05, 0.1) is 14.2 Å². The molecule has 0 aliphatic carbocycles. The average molecular weight is 307 g/mol. The molecule has 4 nitrogen and oxygen atoms in total. The van der Waals surface area contributed by atoms with Gasteiger partial charge in [-0.1, -0.05) is 29.8 Å². The van der Waals surface area contributed by atoms with Crippen molar-refractivity contribution < 1.29 is 19.0 Å². The van der Waals surface area contributed by atoms with Crippen LogP contribution in [0.1, 0.15) is 15.9 Å². The van der Waals surface area contributed by atoms with Gasteiger partial charge in [-0.2, -0.15) is 0 Å². The molecule has 0 radical (unpaired) electrons. The number of methoxy groups -OCH3 is 2. The smallest absolute Gasteiger partial charge is 0.341 e. The van der Waals surface area contributed by atoms with E-state index in [2.05, 4.69) is 0 Å². The zero-order valence-corrected chi connectivity index (χ0v) is 12.5. The second kappa shape index (κ2) is 6.99. The van der Waals surface area contributed by atoms with E-state index in [1.807, 2.05) is 18.2 Å². The summed E-state index contributed by atoms with van der Waals surface area (Å²) in [5, 5.41) is 0.611. The normalized spacial score (nSPS) is 10.0. The molecular weight excluding hydrogens is 292 g/mol. The highest BCUT2D eigenvalue weighted by atomic mass is 35.5. The monoisotopic (exact) mass is 306 g/mol. The lowest BCUT2D eigenvalue weighted by Gasteiger charge is -2.12. The van der Waals surface area contributed by atoms with Gasteiger partial charge in [0.15, 0.2) is 0 Å². The Labute approximate surface area is 128 Å². The van der Waals surface area contributed by atoms with Gasteiger partial charge in [0, 0.05) is 16.7 Å². The molecule has 0 atom stereocenters. The number of carbonyl (C=O) groups excluding carboxylic acids is 1. The van der Waals surface area contributed by atoms with Gasteiger partial charge in [-0.05, 0) is 18.2 Å². The summed E-state index contributed by atoms with van der Waals surface area (Å²) >= 11 is 6.08. The van der Waals surface area contributed by atoms with E-state index >= 15 is 0 Å². The van der Waals surface area contributed by atoms with Gasteiger partial charge in [-0.25, -0.2) is 4.79 Å². The molecule has 0 saturated heterocycles. The molecule has 21 heavy (non-hydrogen) atoms. The molecule has 2 rings (SSSR count). The molecule has 0 saturated carbocycles. The zero-order chi connectivity index (χ0) is 15.2. The minimum Gasteiger partial charge on any atom is -0.497 e. The van der Waals surface area contributed by atoms with Crippen LogP contribution in [0.4, 0.5) is 0 Å². The van der Waals surface area contributed by atoms with E-state index in [1.54, 1.807) is 31.4 Å². The van der Waals surface area contributed by atoms with E-state index in [9.17, 15) is 4.79 Å². The standard InChI is InChI=1S/C16H15ClO4/c1-19-12-7-8-13(16(18)20-2)15(9-12)21-10-11-5-3-4-6-14(11)17/h3-9H,10H2,1-2H3. The van der Waals surface area contributed by atoms with Crippen LogP contribution < -0.4 is 9.47 Å². The van der Waals surface area contributed by atoms with Crippen LogP contribution in [0.3, 0.4) is 0 Å². The first kappa shape index (κ1) is 15.2. The number of halogens is 1. The van der Waals surface area contributed by atoms with Crippen LogP contribution in [0.2, 0.25) is 5.02 Å². The third-order valence-electron chi connectivity index (χ3n) is 2.94. The van der Waals surface area contributed by atoms with Crippen molar-refractivity contribution in [1.29, 1.82) is 0 Å². The largest absolute Gasteiger partial charge is 0.497 e. The molecule has 0 N–H and O–H groups in total. The maximum atomic E-state index is 11.7. The molecule has 0 aromatic heterocycles. The topological polar surface area (TPSA) is 44.8 Å². The van der Waals surface area contributed by atoms with Crippen molar-refractivity contribution in [3.8, 4) is 11.5 Å². The molecule has 0 fully saturated rings. The van der Waals surface area contributed by atoms with Gasteiger partial charge in [0.1, 0.15) is 23.7 Å². The maximum Gasteiger partial charge on any atom is 0.341 e. The van der Waals surface area contributed by atoms with E-state index < -0.39 is 5.97 Å². The van der Waals surface area contributed by atoms with Crippen LogP contribution in [-0.2, 0) is 11.3 Å². The number of rotatable bonds is 5. The fraction of sp³-hybridized carbons (Fsp3) is 0.188. The zero-order valence-electron chi connectivity index (χ0n) is 11.8. The maximum absolute atomic E-state index is 11.7. The fourth-order valence-electron chi connectivity index (χ4n) is 1.80. The summed E-state index contributed by atoms with van der Waals surface area (Å²) in [6.07, 6.45) is 0. The van der Waals surface area contributed by atoms with E-state index in [0.717, 1.165) is 5.56 Å². The summed E-state index contributed by atoms with van der Waals surface area (Å²) in [6.45, 7) is 0.247. The third-order valence-corrected chi connectivity index (χ3v) is 3.30. The van der Waals surface area contributed by atoms with Gasteiger partial charge < -0.3 is 14.2 Å². The summed E-state index contributed by atoms with van der Waals surface area (Å²) in [5.41, 5.74) is 1.17. The molecule has 0 spiro atoms. The minimum atomic E-state index is -0.466. The van der Waals surface area contributed by atoms with Crippen LogP contribution in [0.15, 0.2) is 42.5 Å². The number of benzene rings is 2. The SMILES string of the molecule is COC(=O)c1ccc(OC)cc1OCc1ccccc1Cl. The average Bonchev–Trinajstić information content (AvgIpc) is 2.53. The predicted octanol–water partition coefficient (Wildman–Crippen LogP) is 3.71. The van der Waals surface area contributed by atoms with Crippen molar-refractivity contribution in [3.05, 3.63) is 58.6 Å². The molecule has 5 heteroatoms. The predicted molar refractivity (Wildman–Crippen MR) is 80.1 cm³/mol. The van der Waals surface area contributed by atoms with Crippen LogP contribution in [0, 0.1) is 0 Å². The molecule has 0 aliphatic rings. The van der Waals surface area contributed by atoms with Crippen molar-refractivity contribution >= 4 is 17.6 Å². The Kier molecular flexibility index (Phi) is 5.06. The Morgan fingerprint density at radius 3 is 2.57 bits per heavy atom. The highest BCUT2D eigenvalue weighted by Gasteiger charge is 2.14. The Hall–Kier alpha value is -2.20. The molecule has 0 amide bonds. The molecule has 0 aliphatic heterocycles. The van der Waals surface area contributed by atoms with Crippen molar-refractivity contribution in [2.75, 3.05) is 14.2 Å². The van der Waals surface area contributed by atoms with Gasteiger partial charge in [-0.3, -0.25) is 0 Å². The second-order valence-corrected chi connectivity index (χ2v) is 4.64. The molecule has 0 bridgehead atoms. The first-order valence-corrected chi connectivity index (χ1v) is 6.66. The molecule has 2 aromatic carbocycles. The van der Waals surface area contributed by atoms with Gasteiger partial charge in [-0.15, -0.1) is 0 Å². The summed E-state index contributed by atoms with van der Waals surface area (Å²) in [7, 11) is 2.87. The minimum absolute atomic E-state index is 0.247. The van der Waals surface area contributed by atoms with Crippen molar-refractivity contribution in [2.24, 2.45) is 0 Å². The number of hydrogen-bond acceptors (Lipinski definition) is 4. The van der Waals surface area contributed by atoms with Gasteiger partial charge in [0.25, 0.3) is 0 Å². The third kappa shape index (κ3) is 3.67. The number of hydrogen-bond donors (Lipinski definition) is 0. The summed E-state index contributed by atoms with van der Waals surface area (Å²) in [5.74, 6) is 0.518. The number of ether oxygens (including phenoxy) is 3. The summed E-state index contributed by atoms with van der Waals surface area (Å²) in [6, 6.07) is 12.3. The summed E-state index contributed by atoms with van der Waals surface area (Å²) in [4.78, 5) is 11.7. The van der Waals surface area contributed by atoms with Crippen LogP contribution >= 0.6 is 11.6 Å². The highest BCUT2D eigenvalue weighted by molar-refractivity contribution is 6.31. The molecular formula is C16H15ClO4. The lowest BCUT2D eigenvalue weighted by atomic mass is 10.2. The Balaban J connectivity index is 2.25. The Bertz CT molecular complexity index is 640. The number of carbonyl (C=O) groups is 1. The molecule has 0 unspecified atom stereocenters. The van der Waals surface area contributed by atoms with Crippen molar-refractivity contribution in [3.63, 3.8) is 0 Å². The Morgan fingerprint density at radius 2 is 1.90 bits per heavy atom. The lowest BCUT2D eigenvalue weighted by Crippen LogP contribution is -2.06. The highest BCUT2D eigenvalue weighted by Crippen LogP contribution is 2.27. The fourth-order valence-corrected chi connectivity index (χ4v) is 1.99. The van der Waals surface area contributed by atoms with Crippen LogP contribution in [0.25, 0.3) is 0 Å². The molecule has 110 valence electrons. The van der Waals surface area contributed by atoms with Gasteiger partial charge in [0.2, 0.25) is 0 Å². The summed E-state index contributed by atoms with van der Waals surface area (Å²) < 4.78 is 15.6. The second-order valence-electron chi connectivity index (χ2n) is 4.23. The lowest BCUT2D eigenvalue weighted by molar-refractivity contribution is 0.0595. The first-order valence-electron chi connectivity index (χ1n) is 6.28. The van der Waals surface area contributed by atoms with E-state index in [-0.39, 0.29) is 6.61 Å². The Morgan fingerprint density at radius 1 is 1.14 bits per heavy atom. The first-order chi connectivity index (χ1) is 10.2. The van der Waals surface area contributed by atoms with Crippen LogP contribution in [-0.4, -0.2) is 20.2 Å². The van der Waals surface area contributed by atoms with E-state index in [1.165, 1.54) is 7.11 Å². The van der Waals surface area contributed by atoms with E-state index in [0.29, 0.717) is 22.1 Å². The quantitative estimate of drug-likeness (QED) is 0.790. The molecule has 2 aromatic rings. The van der Waals surface area contributed by atoms with Crippen LogP contribution in [0.5, 0.6) is 11.5 Å². The van der Waals surface area contributed by atoms with Crippen molar-refractivity contribution in [2.45, 2.75) is 6.61 Å². The number of esters is 1. The molecule has 0 heterocycles. The van der Waals surface area contributed by atoms with Crippen molar-refractivity contribution in [1.82, 2.24) is 0 Å². The van der Waals surface area contributed by atoms with E-state index in [4.69, 9.17) is 25.8 Å². The van der Waals surface area contributed by atoms with Gasteiger partial charge >= 0.3 is 5.97 Å².